The van der Waals surface area contributed by atoms with Crippen LogP contribution < -0.4 is 5.32 Å². The van der Waals surface area contributed by atoms with E-state index in [-0.39, 0.29) is 0 Å². The smallest absolute Gasteiger partial charge is 0.329 e. The summed E-state index contributed by atoms with van der Waals surface area (Å²) in [6.45, 7) is 4.24. The van der Waals surface area contributed by atoms with Gasteiger partial charge in [0.25, 0.3) is 0 Å². The second-order valence-electron chi connectivity index (χ2n) is 4.36. The van der Waals surface area contributed by atoms with E-state index < -0.39 is 11.5 Å². The van der Waals surface area contributed by atoms with Gasteiger partial charge in [0.2, 0.25) is 0 Å². The van der Waals surface area contributed by atoms with Gasteiger partial charge in [0.05, 0.1) is 0 Å². The Morgan fingerprint density at radius 1 is 1.44 bits per heavy atom. The van der Waals surface area contributed by atoms with Crippen LogP contribution in [0.5, 0.6) is 0 Å². The third-order valence-electron chi connectivity index (χ3n) is 3.22. The number of benzene rings is 1. The van der Waals surface area contributed by atoms with Gasteiger partial charge in [0.15, 0.2) is 5.54 Å². The second-order valence-corrected chi connectivity index (χ2v) is 5.78. The molecule has 0 aliphatic rings. The van der Waals surface area contributed by atoms with E-state index in [1.54, 1.807) is 18.8 Å². The molecule has 0 aliphatic heterocycles. The summed E-state index contributed by atoms with van der Waals surface area (Å²) >= 11 is 1.69. The van der Waals surface area contributed by atoms with Crippen molar-refractivity contribution >= 4 is 17.7 Å². The van der Waals surface area contributed by atoms with Crippen molar-refractivity contribution in [1.82, 2.24) is 5.32 Å². The number of thioether (sulfide) groups is 1. The highest BCUT2D eigenvalue weighted by Crippen LogP contribution is 2.28. The van der Waals surface area contributed by atoms with Crippen LogP contribution in [0.4, 0.5) is 0 Å². The highest BCUT2D eigenvalue weighted by molar-refractivity contribution is 7.99. The van der Waals surface area contributed by atoms with Crippen molar-refractivity contribution in [3.05, 3.63) is 35.9 Å². The van der Waals surface area contributed by atoms with Gasteiger partial charge in [-0.05, 0) is 19.0 Å². The molecule has 0 heterocycles. The van der Waals surface area contributed by atoms with E-state index in [0.29, 0.717) is 11.0 Å². The Balaban J connectivity index is 2.99. The predicted octanol–water partition coefficient (Wildman–Crippen LogP) is 2.72. The summed E-state index contributed by atoms with van der Waals surface area (Å²) in [7, 11) is 1.71. The van der Waals surface area contributed by atoms with Gasteiger partial charge in [-0.1, -0.05) is 44.2 Å². The maximum Gasteiger partial charge on any atom is 0.329 e. The zero-order chi connectivity index (χ0) is 13.6. The van der Waals surface area contributed by atoms with Gasteiger partial charge in [0.1, 0.15) is 0 Å². The summed E-state index contributed by atoms with van der Waals surface area (Å²) in [5.41, 5.74) is -0.203. The van der Waals surface area contributed by atoms with E-state index in [1.807, 2.05) is 30.3 Å². The Morgan fingerprint density at radius 3 is 2.50 bits per heavy atom. The van der Waals surface area contributed by atoms with Crippen LogP contribution in [0.25, 0.3) is 0 Å². The monoisotopic (exact) mass is 267 g/mol. The van der Waals surface area contributed by atoms with Gasteiger partial charge >= 0.3 is 5.97 Å². The molecule has 2 unspecified atom stereocenters. The molecule has 0 saturated carbocycles. The maximum atomic E-state index is 11.7. The first-order chi connectivity index (χ1) is 8.56. The van der Waals surface area contributed by atoms with Crippen LogP contribution >= 0.6 is 11.8 Å². The SMILES string of the molecule is CCC(C)SCC(NC)(C(=O)O)c1ccccc1. The molecule has 0 saturated heterocycles. The van der Waals surface area contributed by atoms with E-state index in [2.05, 4.69) is 19.2 Å². The molecule has 0 radical (unpaired) electrons. The number of rotatable bonds is 7. The Hall–Kier alpha value is -1.00. The highest BCUT2D eigenvalue weighted by Gasteiger charge is 2.39. The number of carbonyl (C=O) groups is 1. The van der Waals surface area contributed by atoms with Gasteiger partial charge in [-0.2, -0.15) is 11.8 Å². The van der Waals surface area contributed by atoms with Crippen molar-refractivity contribution in [2.24, 2.45) is 0 Å². The van der Waals surface area contributed by atoms with Crippen LogP contribution in [0.3, 0.4) is 0 Å². The van der Waals surface area contributed by atoms with Gasteiger partial charge in [0, 0.05) is 11.0 Å². The summed E-state index contributed by atoms with van der Waals surface area (Å²) in [5, 5.41) is 13.0. The number of aliphatic carboxylic acids is 1. The van der Waals surface area contributed by atoms with Gasteiger partial charge in [-0.25, -0.2) is 4.79 Å². The fourth-order valence-corrected chi connectivity index (χ4v) is 2.90. The van der Waals surface area contributed by atoms with Crippen molar-refractivity contribution in [2.75, 3.05) is 12.8 Å². The summed E-state index contributed by atoms with van der Waals surface area (Å²) in [6.07, 6.45) is 1.04. The minimum Gasteiger partial charge on any atom is -0.480 e. The molecule has 0 bridgehead atoms. The minimum absolute atomic E-state index is 0.459. The van der Waals surface area contributed by atoms with Crippen molar-refractivity contribution in [3.63, 3.8) is 0 Å². The van der Waals surface area contributed by atoms with Crippen molar-refractivity contribution in [1.29, 1.82) is 0 Å². The largest absolute Gasteiger partial charge is 0.480 e. The first kappa shape index (κ1) is 15.1. The number of carboxylic acid groups (broad SMARTS) is 1. The van der Waals surface area contributed by atoms with E-state index >= 15 is 0 Å². The average Bonchev–Trinajstić information content (AvgIpc) is 2.40. The average molecular weight is 267 g/mol. The summed E-state index contributed by atoms with van der Waals surface area (Å²) in [6, 6.07) is 9.37. The Kier molecular flexibility index (Phi) is 5.69. The first-order valence-corrected chi connectivity index (χ1v) is 7.21. The molecule has 0 amide bonds. The third kappa shape index (κ3) is 3.27. The molecule has 1 aromatic rings. The Bertz CT molecular complexity index is 383. The molecule has 100 valence electrons. The van der Waals surface area contributed by atoms with E-state index in [0.717, 1.165) is 12.0 Å². The van der Waals surface area contributed by atoms with Crippen LogP contribution in [-0.2, 0) is 10.3 Å². The number of likely N-dealkylation sites (N-methyl/N-ethyl adjacent to an activating group) is 1. The molecule has 2 N–H and O–H groups in total. The normalized spacial score (nSPS) is 15.9. The van der Waals surface area contributed by atoms with E-state index in [1.165, 1.54) is 0 Å². The zero-order valence-electron chi connectivity index (χ0n) is 11.1. The van der Waals surface area contributed by atoms with Crippen molar-refractivity contribution < 1.29 is 9.90 Å². The van der Waals surface area contributed by atoms with Gasteiger partial charge in [-0.3, -0.25) is 0 Å². The summed E-state index contributed by atoms with van der Waals surface area (Å²) in [4.78, 5) is 11.7. The first-order valence-electron chi connectivity index (χ1n) is 6.16. The maximum absolute atomic E-state index is 11.7. The van der Waals surface area contributed by atoms with Crippen LogP contribution in [0, 0.1) is 0 Å². The molecule has 2 atom stereocenters. The zero-order valence-corrected chi connectivity index (χ0v) is 12.0. The third-order valence-corrected chi connectivity index (χ3v) is 4.72. The van der Waals surface area contributed by atoms with Gasteiger partial charge < -0.3 is 10.4 Å². The molecule has 0 spiro atoms. The standard InChI is InChI=1S/C14H21NO2S/c1-4-11(2)18-10-14(15-3,13(16)17)12-8-6-5-7-9-12/h5-9,11,15H,4,10H2,1-3H3,(H,16,17). The summed E-state index contributed by atoms with van der Waals surface area (Å²) in [5.74, 6) is -0.301. The van der Waals surface area contributed by atoms with E-state index in [4.69, 9.17) is 0 Å². The molecular formula is C14H21NO2S. The molecule has 1 aromatic carbocycles. The minimum atomic E-state index is -1.00. The Morgan fingerprint density at radius 2 is 2.06 bits per heavy atom. The molecule has 4 heteroatoms. The number of hydrogen-bond donors (Lipinski definition) is 2. The molecular weight excluding hydrogens is 246 g/mol. The molecule has 1 rings (SSSR count). The molecule has 18 heavy (non-hydrogen) atoms. The quantitative estimate of drug-likeness (QED) is 0.797. The molecule has 0 fully saturated rings. The van der Waals surface area contributed by atoms with Crippen LogP contribution in [0.15, 0.2) is 30.3 Å². The van der Waals surface area contributed by atoms with Gasteiger partial charge in [-0.15, -0.1) is 0 Å². The fraction of sp³-hybridized carbons (Fsp3) is 0.500. The van der Waals surface area contributed by atoms with Crippen LogP contribution in [-0.4, -0.2) is 29.1 Å². The second kappa shape index (κ2) is 6.81. The van der Waals surface area contributed by atoms with E-state index in [9.17, 15) is 9.90 Å². The number of nitrogens with one attached hydrogen (secondary N) is 1. The fourth-order valence-electron chi connectivity index (χ4n) is 1.70. The van der Waals surface area contributed by atoms with Crippen LogP contribution in [0.2, 0.25) is 0 Å². The number of hydrogen-bond acceptors (Lipinski definition) is 3. The van der Waals surface area contributed by atoms with Crippen LogP contribution in [0.1, 0.15) is 25.8 Å². The lowest BCUT2D eigenvalue weighted by molar-refractivity contribution is -0.144. The molecule has 0 aliphatic carbocycles. The van der Waals surface area contributed by atoms with Crippen molar-refractivity contribution in [3.8, 4) is 0 Å². The lowest BCUT2D eigenvalue weighted by Gasteiger charge is -2.30. The lowest BCUT2D eigenvalue weighted by Crippen LogP contribution is -2.49. The van der Waals surface area contributed by atoms with Crippen molar-refractivity contribution in [2.45, 2.75) is 31.1 Å². The Labute approximate surface area is 113 Å². The summed E-state index contributed by atoms with van der Waals surface area (Å²) < 4.78 is 0. The molecule has 3 nitrogen and oxygen atoms in total. The topological polar surface area (TPSA) is 49.3 Å². The highest BCUT2D eigenvalue weighted by atomic mass is 32.2. The number of carboxylic acids is 1. The molecule has 0 aromatic heterocycles. The lowest BCUT2D eigenvalue weighted by atomic mass is 9.92. The predicted molar refractivity (Wildman–Crippen MR) is 77.0 cm³/mol.